The van der Waals surface area contributed by atoms with Crippen molar-refractivity contribution in [3.8, 4) is 17.6 Å². The van der Waals surface area contributed by atoms with Gasteiger partial charge in [0.15, 0.2) is 0 Å². The predicted molar refractivity (Wildman–Crippen MR) is 83.4 cm³/mol. The first-order chi connectivity index (χ1) is 10.1. The van der Waals surface area contributed by atoms with Crippen molar-refractivity contribution >= 4 is 5.91 Å². The van der Waals surface area contributed by atoms with Crippen LogP contribution in [0.25, 0.3) is 0 Å². The monoisotopic (exact) mass is 289 g/mol. The van der Waals surface area contributed by atoms with Gasteiger partial charge < -0.3 is 14.7 Å². The molecule has 0 atom stereocenters. The van der Waals surface area contributed by atoms with Gasteiger partial charge in [0, 0.05) is 18.7 Å². The van der Waals surface area contributed by atoms with Crippen LogP contribution in [0.4, 0.5) is 0 Å². The summed E-state index contributed by atoms with van der Waals surface area (Å²) in [4.78, 5) is 14.3. The number of aliphatic hydroxyl groups is 1. The quantitative estimate of drug-likeness (QED) is 0.846. The highest BCUT2D eigenvalue weighted by atomic mass is 16.5. The summed E-state index contributed by atoms with van der Waals surface area (Å²) in [6.07, 6.45) is 1.85. The maximum Gasteiger partial charge on any atom is 0.253 e. The molecule has 0 heterocycles. The molecule has 0 aliphatic heterocycles. The Balaban J connectivity index is 3.10. The highest BCUT2D eigenvalue weighted by Gasteiger charge is 2.19. The van der Waals surface area contributed by atoms with Crippen LogP contribution in [0.3, 0.4) is 0 Å². The lowest BCUT2D eigenvalue weighted by molar-refractivity contribution is 0.0723. The van der Waals surface area contributed by atoms with Gasteiger partial charge in [0.2, 0.25) is 0 Å². The molecule has 0 spiro atoms. The van der Waals surface area contributed by atoms with Gasteiger partial charge in [0.25, 0.3) is 5.91 Å². The average Bonchev–Trinajstić information content (AvgIpc) is 2.52. The SMILES string of the molecule is CCC(CC)N(C)C(=O)c1ccc(OC)c(C#CCO)c1. The summed E-state index contributed by atoms with van der Waals surface area (Å²) in [5, 5.41) is 8.80. The van der Waals surface area contributed by atoms with Crippen molar-refractivity contribution in [1.82, 2.24) is 4.90 Å². The third-order valence-corrected chi connectivity index (χ3v) is 3.56. The van der Waals surface area contributed by atoms with E-state index in [-0.39, 0.29) is 18.6 Å². The van der Waals surface area contributed by atoms with Gasteiger partial charge in [-0.25, -0.2) is 0 Å². The number of rotatable bonds is 5. The van der Waals surface area contributed by atoms with E-state index in [9.17, 15) is 4.79 Å². The van der Waals surface area contributed by atoms with E-state index in [2.05, 4.69) is 25.7 Å². The van der Waals surface area contributed by atoms with E-state index in [1.54, 1.807) is 30.2 Å². The van der Waals surface area contributed by atoms with Gasteiger partial charge in [-0.15, -0.1) is 0 Å². The molecule has 4 heteroatoms. The normalized spacial score (nSPS) is 10.0. The molecule has 4 nitrogen and oxygen atoms in total. The fourth-order valence-corrected chi connectivity index (χ4v) is 2.28. The molecule has 0 aliphatic rings. The number of nitrogens with zero attached hydrogens (tertiary/aromatic N) is 1. The topological polar surface area (TPSA) is 49.8 Å². The van der Waals surface area contributed by atoms with E-state index in [1.807, 2.05) is 7.05 Å². The number of aliphatic hydroxyl groups excluding tert-OH is 1. The van der Waals surface area contributed by atoms with Crippen LogP contribution in [0.1, 0.15) is 42.6 Å². The van der Waals surface area contributed by atoms with E-state index in [0.717, 1.165) is 12.8 Å². The summed E-state index contributed by atoms with van der Waals surface area (Å²) in [7, 11) is 3.38. The summed E-state index contributed by atoms with van der Waals surface area (Å²) in [6, 6.07) is 5.41. The summed E-state index contributed by atoms with van der Waals surface area (Å²) < 4.78 is 5.22. The molecule has 1 N–H and O–H groups in total. The van der Waals surface area contributed by atoms with Crippen LogP contribution in [0.15, 0.2) is 18.2 Å². The molecule has 1 amide bonds. The minimum absolute atomic E-state index is 0.0293. The average molecular weight is 289 g/mol. The Morgan fingerprint density at radius 2 is 2.05 bits per heavy atom. The molecule has 114 valence electrons. The first-order valence-corrected chi connectivity index (χ1v) is 7.13. The molecular formula is C17H23NO3. The molecule has 1 rings (SSSR count). The standard InChI is InChI=1S/C17H23NO3/c1-5-15(6-2)18(3)17(20)14-9-10-16(21-4)13(12-14)8-7-11-19/h9-10,12,15,19H,5-6,11H2,1-4H3. The van der Waals surface area contributed by atoms with Gasteiger partial charge in [-0.05, 0) is 31.0 Å². The molecule has 1 aromatic rings. The summed E-state index contributed by atoms with van der Waals surface area (Å²) in [5.41, 5.74) is 1.18. The fourth-order valence-electron chi connectivity index (χ4n) is 2.28. The van der Waals surface area contributed by atoms with Gasteiger partial charge >= 0.3 is 0 Å². The molecule has 0 saturated carbocycles. The lowest BCUT2D eigenvalue weighted by Crippen LogP contribution is -2.36. The van der Waals surface area contributed by atoms with E-state index in [4.69, 9.17) is 9.84 Å². The number of amides is 1. The Kier molecular flexibility index (Phi) is 6.77. The molecule has 1 aromatic carbocycles. The third kappa shape index (κ3) is 4.24. The van der Waals surface area contributed by atoms with E-state index < -0.39 is 0 Å². The maximum atomic E-state index is 12.5. The van der Waals surface area contributed by atoms with Crippen molar-refractivity contribution in [3.63, 3.8) is 0 Å². The minimum Gasteiger partial charge on any atom is -0.495 e. The molecule has 21 heavy (non-hydrogen) atoms. The second-order valence-corrected chi connectivity index (χ2v) is 4.76. The first kappa shape index (κ1) is 17.1. The minimum atomic E-state index is -0.227. The molecule has 0 saturated heterocycles. The van der Waals surface area contributed by atoms with Crippen molar-refractivity contribution in [1.29, 1.82) is 0 Å². The number of hydrogen-bond acceptors (Lipinski definition) is 3. The molecular weight excluding hydrogens is 266 g/mol. The summed E-state index contributed by atoms with van der Waals surface area (Å²) >= 11 is 0. The van der Waals surface area contributed by atoms with Crippen molar-refractivity contribution in [2.75, 3.05) is 20.8 Å². The van der Waals surface area contributed by atoms with Gasteiger partial charge in [-0.1, -0.05) is 25.7 Å². The fraction of sp³-hybridized carbons (Fsp3) is 0.471. The van der Waals surface area contributed by atoms with E-state index in [1.165, 1.54) is 0 Å². The van der Waals surface area contributed by atoms with E-state index in [0.29, 0.717) is 16.9 Å². The van der Waals surface area contributed by atoms with Crippen molar-refractivity contribution < 1.29 is 14.6 Å². The van der Waals surface area contributed by atoms with Crippen molar-refractivity contribution in [3.05, 3.63) is 29.3 Å². The smallest absolute Gasteiger partial charge is 0.253 e. The number of carbonyl (C=O) groups is 1. The lowest BCUT2D eigenvalue weighted by atomic mass is 10.1. The van der Waals surface area contributed by atoms with Gasteiger partial charge in [-0.3, -0.25) is 4.79 Å². The van der Waals surface area contributed by atoms with Crippen molar-refractivity contribution in [2.24, 2.45) is 0 Å². The molecule has 0 unspecified atom stereocenters. The lowest BCUT2D eigenvalue weighted by Gasteiger charge is -2.26. The largest absolute Gasteiger partial charge is 0.495 e. The van der Waals surface area contributed by atoms with Crippen LogP contribution in [0.2, 0.25) is 0 Å². The number of benzene rings is 1. The predicted octanol–water partition coefficient (Wildman–Crippen LogP) is 2.30. The summed E-state index contributed by atoms with van der Waals surface area (Å²) in [6.45, 7) is 3.92. The Morgan fingerprint density at radius 3 is 2.57 bits per heavy atom. The molecule has 0 fully saturated rings. The highest BCUT2D eigenvalue weighted by Crippen LogP contribution is 2.20. The highest BCUT2D eigenvalue weighted by molar-refractivity contribution is 5.95. The van der Waals surface area contributed by atoms with Crippen molar-refractivity contribution in [2.45, 2.75) is 32.7 Å². The van der Waals surface area contributed by atoms with Crippen LogP contribution in [-0.2, 0) is 0 Å². The van der Waals surface area contributed by atoms with Gasteiger partial charge in [0.05, 0.1) is 12.7 Å². The molecule has 0 bridgehead atoms. The van der Waals surface area contributed by atoms with Crippen LogP contribution in [0.5, 0.6) is 5.75 Å². The summed E-state index contributed by atoms with van der Waals surface area (Å²) in [5.74, 6) is 5.96. The third-order valence-electron chi connectivity index (χ3n) is 3.56. The van der Waals surface area contributed by atoms with Crippen LogP contribution < -0.4 is 4.74 Å². The van der Waals surface area contributed by atoms with E-state index >= 15 is 0 Å². The maximum absolute atomic E-state index is 12.5. The zero-order valence-corrected chi connectivity index (χ0v) is 13.1. The number of carbonyl (C=O) groups excluding carboxylic acids is 1. The zero-order chi connectivity index (χ0) is 15.8. The molecule has 0 radical (unpaired) electrons. The molecule has 0 aliphatic carbocycles. The zero-order valence-electron chi connectivity index (χ0n) is 13.1. The second-order valence-electron chi connectivity index (χ2n) is 4.76. The number of ether oxygens (including phenoxy) is 1. The first-order valence-electron chi connectivity index (χ1n) is 7.13. The Morgan fingerprint density at radius 1 is 1.38 bits per heavy atom. The Labute approximate surface area is 126 Å². The Bertz CT molecular complexity index is 539. The second kappa shape index (κ2) is 8.33. The number of methoxy groups -OCH3 is 1. The Hall–Kier alpha value is -1.99. The van der Waals surface area contributed by atoms with Gasteiger partial charge in [-0.2, -0.15) is 0 Å². The van der Waals surface area contributed by atoms with Crippen LogP contribution in [0, 0.1) is 11.8 Å². The van der Waals surface area contributed by atoms with Crippen LogP contribution >= 0.6 is 0 Å². The van der Waals surface area contributed by atoms with Crippen LogP contribution in [-0.4, -0.2) is 42.7 Å². The number of hydrogen-bond donors (Lipinski definition) is 1. The molecule has 0 aromatic heterocycles. The van der Waals surface area contributed by atoms with Gasteiger partial charge in [0.1, 0.15) is 12.4 Å².